The molecule has 17 heavy (non-hydrogen) atoms. The standard InChI is InChI=1S/C11H23NO4S/c1-3-16-11(13)10(12)9-17-8-7-15-6-4-5-14-2/h10H,3-9,12H2,1-2H3. The number of ether oxygens (including phenoxy) is 3. The lowest BCUT2D eigenvalue weighted by Crippen LogP contribution is -2.34. The van der Waals surface area contributed by atoms with Crippen LogP contribution in [0.4, 0.5) is 0 Å². The highest BCUT2D eigenvalue weighted by molar-refractivity contribution is 7.99. The first-order chi connectivity index (χ1) is 8.22. The second-order valence-corrected chi connectivity index (χ2v) is 4.54. The number of hydrogen-bond donors (Lipinski definition) is 1. The predicted molar refractivity (Wildman–Crippen MR) is 69.2 cm³/mol. The summed E-state index contributed by atoms with van der Waals surface area (Å²) in [4.78, 5) is 11.2. The Morgan fingerprint density at radius 3 is 2.76 bits per heavy atom. The van der Waals surface area contributed by atoms with Gasteiger partial charge in [0.25, 0.3) is 0 Å². The molecule has 2 N–H and O–H groups in total. The van der Waals surface area contributed by atoms with Gasteiger partial charge in [-0.15, -0.1) is 0 Å². The van der Waals surface area contributed by atoms with Crippen molar-refractivity contribution in [3.05, 3.63) is 0 Å². The molecule has 0 rings (SSSR count). The Kier molecular flexibility index (Phi) is 12.0. The molecule has 0 aliphatic heterocycles. The molecule has 0 aromatic carbocycles. The van der Waals surface area contributed by atoms with Crippen molar-refractivity contribution < 1.29 is 19.0 Å². The van der Waals surface area contributed by atoms with Crippen LogP contribution in [-0.2, 0) is 19.0 Å². The third-order valence-corrected chi connectivity index (χ3v) is 2.95. The first-order valence-electron chi connectivity index (χ1n) is 5.79. The third kappa shape index (κ3) is 10.6. The Balaban J connectivity index is 3.24. The zero-order chi connectivity index (χ0) is 12.9. The number of rotatable bonds is 11. The van der Waals surface area contributed by atoms with E-state index in [1.165, 1.54) is 0 Å². The molecule has 0 aromatic rings. The van der Waals surface area contributed by atoms with Gasteiger partial charge in [0.05, 0.1) is 13.2 Å². The molecule has 0 bridgehead atoms. The molecule has 0 spiro atoms. The molecule has 5 nitrogen and oxygen atoms in total. The van der Waals surface area contributed by atoms with Crippen LogP contribution >= 0.6 is 11.8 Å². The highest BCUT2D eigenvalue weighted by Gasteiger charge is 2.13. The van der Waals surface area contributed by atoms with Gasteiger partial charge in [-0.05, 0) is 13.3 Å². The number of nitrogens with two attached hydrogens (primary N) is 1. The largest absolute Gasteiger partial charge is 0.465 e. The molecule has 1 unspecified atom stereocenters. The van der Waals surface area contributed by atoms with Gasteiger partial charge in [-0.1, -0.05) is 0 Å². The number of carbonyl (C=O) groups is 1. The molecule has 1 atom stereocenters. The SMILES string of the molecule is CCOC(=O)C(N)CSCCOCCCOC. The van der Waals surface area contributed by atoms with Gasteiger partial charge in [-0.3, -0.25) is 4.79 Å². The van der Waals surface area contributed by atoms with Crippen LogP contribution in [0.3, 0.4) is 0 Å². The maximum absolute atomic E-state index is 11.2. The molecule has 0 radical (unpaired) electrons. The van der Waals surface area contributed by atoms with E-state index in [4.69, 9.17) is 19.9 Å². The summed E-state index contributed by atoms with van der Waals surface area (Å²) in [5.41, 5.74) is 5.63. The lowest BCUT2D eigenvalue weighted by Gasteiger charge is -2.10. The Labute approximate surface area is 107 Å². The summed E-state index contributed by atoms with van der Waals surface area (Å²) in [5.74, 6) is 1.07. The fourth-order valence-electron chi connectivity index (χ4n) is 1.05. The lowest BCUT2D eigenvalue weighted by molar-refractivity contribution is -0.144. The summed E-state index contributed by atoms with van der Waals surface area (Å²) in [6, 6.07) is -0.534. The topological polar surface area (TPSA) is 70.8 Å². The molecule has 102 valence electrons. The van der Waals surface area contributed by atoms with E-state index < -0.39 is 6.04 Å². The zero-order valence-electron chi connectivity index (χ0n) is 10.6. The normalized spacial score (nSPS) is 12.4. The van der Waals surface area contributed by atoms with Crippen LogP contribution < -0.4 is 5.73 Å². The molecule has 0 aliphatic carbocycles. The summed E-state index contributed by atoms with van der Waals surface area (Å²) >= 11 is 1.60. The first-order valence-corrected chi connectivity index (χ1v) is 6.94. The van der Waals surface area contributed by atoms with E-state index in [-0.39, 0.29) is 5.97 Å². The Bertz CT molecular complexity index is 192. The van der Waals surface area contributed by atoms with Gasteiger partial charge in [-0.2, -0.15) is 11.8 Å². The van der Waals surface area contributed by atoms with E-state index in [0.29, 0.717) is 25.6 Å². The van der Waals surface area contributed by atoms with Crippen molar-refractivity contribution in [1.82, 2.24) is 0 Å². The fourth-order valence-corrected chi connectivity index (χ4v) is 1.85. The molecule has 6 heteroatoms. The maximum atomic E-state index is 11.2. The quantitative estimate of drug-likeness (QED) is 0.437. The van der Waals surface area contributed by atoms with Crippen LogP contribution in [0.2, 0.25) is 0 Å². The van der Waals surface area contributed by atoms with E-state index in [0.717, 1.165) is 18.8 Å². The minimum Gasteiger partial charge on any atom is -0.465 e. The smallest absolute Gasteiger partial charge is 0.323 e. The molecule has 0 heterocycles. The second-order valence-electron chi connectivity index (χ2n) is 3.39. The molecule has 0 saturated heterocycles. The molecule has 0 fully saturated rings. The monoisotopic (exact) mass is 265 g/mol. The van der Waals surface area contributed by atoms with Crippen LogP contribution in [0, 0.1) is 0 Å². The summed E-state index contributed by atoms with van der Waals surface area (Å²) in [5, 5.41) is 0. The minimum absolute atomic E-state index is 0.332. The summed E-state index contributed by atoms with van der Waals surface area (Å²) < 4.78 is 15.1. The number of hydrogen-bond acceptors (Lipinski definition) is 6. The summed E-state index contributed by atoms with van der Waals surface area (Å²) in [6.07, 6.45) is 0.906. The van der Waals surface area contributed by atoms with E-state index in [9.17, 15) is 4.79 Å². The minimum atomic E-state index is -0.534. The van der Waals surface area contributed by atoms with Gasteiger partial charge >= 0.3 is 5.97 Å². The number of esters is 1. The van der Waals surface area contributed by atoms with Crippen LogP contribution in [0.25, 0.3) is 0 Å². The van der Waals surface area contributed by atoms with Crippen LogP contribution in [0.1, 0.15) is 13.3 Å². The van der Waals surface area contributed by atoms with Crippen molar-refractivity contribution in [3.8, 4) is 0 Å². The van der Waals surface area contributed by atoms with Gasteiger partial charge in [0.2, 0.25) is 0 Å². The summed E-state index contributed by atoms with van der Waals surface area (Å²) in [7, 11) is 1.67. The van der Waals surface area contributed by atoms with Gasteiger partial charge in [-0.25, -0.2) is 0 Å². The van der Waals surface area contributed by atoms with Crippen LogP contribution in [-0.4, -0.2) is 57.1 Å². The maximum Gasteiger partial charge on any atom is 0.323 e. The van der Waals surface area contributed by atoms with Gasteiger partial charge < -0.3 is 19.9 Å². The van der Waals surface area contributed by atoms with Crippen molar-refractivity contribution in [2.75, 3.05) is 45.0 Å². The molecule has 0 aliphatic rings. The predicted octanol–water partition coefficient (Wildman–Crippen LogP) is 0.663. The van der Waals surface area contributed by atoms with Crippen molar-refractivity contribution in [2.24, 2.45) is 5.73 Å². The van der Waals surface area contributed by atoms with Crippen molar-refractivity contribution in [2.45, 2.75) is 19.4 Å². The van der Waals surface area contributed by atoms with E-state index in [1.807, 2.05) is 0 Å². The third-order valence-electron chi connectivity index (χ3n) is 1.90. The Hall–Kier alpha value is -0.300. The van der Waals surface area contributed by atoms with Crippen LogP contribution in [0.5, 0.6) is 0 Å². The average molecular weight is 265 g/mol. The van der Waals surface area contributed by atoms with Crippen LogP contribution in [0.15, 0.2) is 0 Å². The van der Waals surface area contributed by atoms with Crippen molar-refractivity contribution >= 4 is 17.7 Å². The number of carbonyl (C=O) groups excluding carboxylic acids is 1. The Morgan fingerprint density at radius 1 is 1.35 bits per heavy atom. The fraction of sp³-hybridized carbons (Fsp3) is 0.909. The van der Waals surface area contributed by atoms with Gasteiger partial charge in [0.15, 0.2) is 0 Å². The molecule has 0 aromatic heterocycles. The van der Waals surface area contributed by atoms with E-state index in [2.05, 4.69) is 0 Å². The highest BCUT2D eigenvalue weighted by atomic mass is 32.2. The molecular weight excluding hydrogens is 242 g/mol. The van der Waals surface area contributed by atoms with Crippen molar-refractivity contribution in [3.63, 3.8) is 0 Å². The second kappa shape index (κ2) is 12.2. The molecule has 0 amide bonds. The molecule has 0 saturated carbocycles. The van der Waals surface area contributed by atoms with Gasteiger partial charge in [0.1, 0.15) is 6.04 Å². The van der Waals surface area contributed by atoms with E-state index in [1.54, 1.807) is 25.8 Å². The van der Waals surface area contributed by atoms with E-state index >= 15 is 0 Å². The number of thioether (sulfide) groups is 1. The molecular formula is C11H23NO4S. The van der Waals surface area contributed by atoms with Gasteiger partial charge in [0, 0.05) is 31.8 Å². The average Bonchev–Trinajstić information content (AvgIpc) is 2.32. The number of methoxy groups -OCH3 is 1. The highest BCUT2D eigenvalue weighted by Crippen LogP contribution is 2.03. The lowest BCUT2D eigenvalue weighted by atomic mass is 10.4. The summed E-state index contributed by atoms with van der Waals surface area (Å²) in [6.45, 7) is 4.24. The zero-order valence-corrected chi connectivity index (χ0v) is 11.5. The first kappa shape index (κ1) is 16.7. The van der Waals surface area contributed by atoms with Crippen molar-refractivity contribution in [1.29, 1.82) is 0 Å². The Morgan fingerprint density at radius 2 is 2.12 bits per heavy atom.